The largest absolute Gasteiger partial charge is 0.374 e. The van der Waals surface area contributed by atoms with Crippen LogP contribution in [0.2, 0.25) is 0 Å². The fourth-order valence-corrected chi connectivity index (χ4v) is 2.52. The summed E-state index contributed by atoms with van der Waals surface area (Å²) in [6.45, 7) is 0.512. The monoisotopic (exact) mass is 326 g/mol. The molecule has 2 rings (SSSR count). The number of aromatic nitrogens is 2. The number of nitrogens with zero attached hydrogens (tertiary/aromatic N) is 3. The van der Waals surface area contributed by atoms with E-state index in [0.717, 1.165) is 21.4 Å². The molecule has 2 aromatic rings. The Morgan fingerprint density at radius 2 is 2.28 bits per heavy atom. The SMILES string of the molecule is CN(Cc1cccc(Br)c1)C(=O)c1nnc(N)s1. The van der Waals surface area contributed by atoms with Gasteiger partial charge in [0.05, 0.1) is 0 Å². The lowest BCUT2D eigenvalue weighted by Gasteiger charge is -2.15. The van der Waals surface area contributed by atoms with Gasteiger partial charge in [-0.25, -0.2) is 0 Å². The molecular formula is C11H11BrN4OS. The smallest absolute Gasteiger partial charge is 0.284 e. The fourth-order valence-electron chi connectivity index (χ4n) is 1.47. The summed E-state index contributed by atoms with van der Waals surface area (Å²) in [5.74, 6) is -0.177. The third-order valence-corrected chi connectivity index (χ3v) is 3.51. The van der Waals surface area contributed by atoms with Gasteiger partial charge in [0.1, 0.15) is 0 Å². The zero-order chi connectivity index (χ0) is 13.1. The summed E-state index contributed by atoms with van der Waals surface area (Å²) in [7, 11) is 1.72. The minimum Gasteiger partial charge on any atom is -0.374 e. The molecule has 1 aromatic carbocycles. The molecule has 0 saturated carbocycles. The molecule has 0 fully saturated rings. The summed E-state index contributed by atoms with van der Waals surface area (Å²) in [4.78, 5) is 13.6. The highest BCUT2D eigenvalue weighted by molar-refractivity contribution is 9.10. The average molecular weight is 327 g/mol. The minimum atomic E-state index is -0.177. The Morgan fingerprint density at radius 3 is 2.89 bits per heavy atom. The summed E-state index contributed by atoms with van der Waals surface area (Å²) in [6, 6.07) is 7.80. The van der Waals surface area contributed by atoms with Crippen molar-refractivity contribution in [1.29, 1.82) is 0 Å². The van der Waals surface area contributed by atoms with Crippen LogP contribution in [0.1, 0.15) is 15.4 Å². The molecule has 0 unspecified atom stereocenters. The van der Waals surface area contributed by atoms with Gasteiger partial charge in [-0.2, -0.15) is 0 Å². The molecule has 7 heteroatoms. The first-order valence-electron chi connectivity index (χ1n) is 5.15. The van der Waals surface area contributed by atoms with E-state index in [-0.39, 0.29) is 5.91 Å². The van der Waals surface area contributed by atoms with Crippen LogP contribution in [-0.2, 0) is 6.54 Å². The molecule has 0 aliphatic carbocycles. The number of rotatable bonds is 3. The van der Waals surface area contributed by atoms with E-state index in [0.29, 0.717) is 16.7 Å². The average Bonchev–Trinajstić information content (AvgIpc) is 2.75. The highest BCUT2D eigenvalue weighted by Gasteiger charge is 2.16. The first-order chi connectivity index (χ1) is 8.56. The molecule has 1 aromatic heterocycles. The Bertz CT molecular complexity index is 572. The zero-order valence-corrected chi connectivity index (χ0v) is 12.0. The van der Waals surface area contributed by atoms with Crippen molar-refractivity contribution < 1.29 is 4.79 Å². The molecule has 5 nitrogen and oxygen atoms in total. The number of nitrogen functional groups attached to an aromatic ring is 1. The predicted octanol–water partition coefficient (Wildman–Crippen LogP) is 2.16. The van der Waals surface area contributed by atoms with E-state index in [2.05, 4.69) is 26.1 Å². The van der Waals surface area contributed by atoms with E-state index in [4.69, 9.17) is 5.73 Å². The van der Waals surface area contributed by atoms with Crippen LogP contribution >= 0.6 is 27.3 Å². The van der Waals surface area contributed by atoms with Crippen molar-refractivity contribution in [3.05, 3.63) is 39.3 Å². The van der Waals surface area contributed by atoms with Crippen LogP contribution in [0.15, 0.2) is 28.7 Å². The van der Waals surface area contributed by atoms with Crippen LogP contribution in [0.5, 0.6) is 0 Å². The molecule has 2 N–H and O–H groups in total. The van der Waals surface area contributed by atoms with Gasteiger partial charge in [0.2, 0.25) is 10.1 Å². The van der Waals surface area contributed by atoms with Gasteiger partial charge in [0.25, 0.3) is 5.91 Å². The van der Waals surface area contributed by atoms with E-state index >= 15 is 0 Å². The van der Waals surface area contributed by atoms with Crippen LogP contribution in [0.25, 0.3) is 0 Å². The molecule has 0 atom stereocenters. The molecule has 0 bridgehead atoms. The van der Waals surface area contributed by atoms with E-state index < -0.39 is 0 Å². The van der Waals surface area contributed by atoms with Crippen LogP contribution in [-0.4, -0.2) is 28.1 Å². The van der Waals surface area contributed by atoms with Gasteiger partial charge in [-0.05, 0) is 17.7 Å². The van der Waals surface area contributed by atoms with Gasteiger partial charge >= 0.3 is 0 Å². The molecule has 1 amide bonds. The van der Waals surface area contributed by atoms with Gasteiger partial charge in [-0.1, -0.05) is 39.4 Å². The lowest BCUT2D eigenvalue weighted by atomic mass is 10.2. The summed E-state index contributed by atoms with van der Waals surface area (Å²) in [5, 5.41) is 7.98. The number of amides is 1. The number of nitrogens with two attached hydrogens (primary N) is 1. The maximum atomic E-state index is 12.0. The summed E-state index contributed by atoms with van der Waals surface area (Å²) >= 11 is 4.49. The summed E-state index contributed by atoms with van der Waals surface area (Å²) < 4.78 is 0.987. The van der Waals surface area contributed by atoms with Gasteiger partial charge in [-0.3, -0.25) is 4.79 Å². The van der Waals surface area contributed by atoms with Crippen LogP contribution < -0.4 is 5.73 Å². The molecule has 0 aliphatic rings. The Kier molecular flexibility index (Phi) is 3.93. The van der Waals surface area contributed by atoms with E-state index in [1.807, 2.05) is 24.3 Å². The van der Waals surface area contributed by atoms with Crippen molar-refractivity contribution in [1.82, 2.24) is 15.1 Å². The molecule has 0 saturated heterocycles. The number of hydrogen-bond acceptors (Lipinski definition) is 5. The molecule has 0 spiro atoms. The van der Waals surface area contributed by atoms with Crippen molar-refractivity contribution >= 4 is 38.3 Å². The van der Waals surface area contributed by atoms with Gasteiger partial charge < -0.3 is 10.6 Å². The summed E-state index contributed by atoms with van der Waals surface area (Å²) in [6.07, 6.45) is 0. The second-order valence-corrected chi connectivity index (χ2v) is 5.66. The van der Waals surface area contributed by atoms with E-state index in [9.17, 15) is 4.79 Å². The highest BCUT2D eigenvalue weighted by atomic mass is 79.9. The normalized spacial score (nSPS) is 10.3. The van der Waals surface area contributed by atoms with E-state index in [1.165, 1.54) is 0 Å². The molecule has 18 heavy (non-hydrogen) atoms. The molecule has 0 aliphatic heterocycles. The Hall–Kier alpha value is -1.47. The number of benzene rings is 1. The number of carbonyl (C=O) groups is 1. The lowest BCUT2D eigenvalue weighted by Crippen LogP contribution is -2.26. The van der Waals surface area contributed by atoms with Crippen molar-refractivity contribution in [2.24, 2.45) is 0 Å². The number of anilines is 1. The number of carbonyl (C=O) groups excluding carboxylic acids is 1. The number of halogens is 1. The van der Waals surface area contributed by atoms with Crippen molar-refractivity contribution in [3.63, 3.8) is 0 Å². The van der Waals surface area contributed by atoms with Crippen molar-refractivity contribution in [3.8, 4) is 0 Å². The molecule has 0 radical (unpaired) electrons. The maximum absolute atomic E-state index is 12.0. The molecular weight excluding hydrogens is 316 g/mol. The second-order valence-electron chi connectivity index (χ2n) is 3.74. The first kappa shape index (κ1) is 13.0. The minimum absolute atomic E-state index is 0.177. The van der Waals surface area contributed by atoms with Crippen LogP contribution in [0, 0.1) is 0 Å². The standard InChI is InChI=1S/C11H11BrN4OS/c1-16(6-7-3-2-4-8(12)5-7)10(17)9-14-15-11(13)18-9/h2-5H,6H2,1H3,(H2,13,15). The predicted molar refractivity (Wildman–Crippen MR) is 74.3 cm³/mol. The molecule has 94 valence electrons. The van der Waals surface area contributed by atoms with Crippen molar-refractivity contribution in [2.75, 3.05) is 12.8 Å². The van der Waals surface area contributed by atoms with Gasteiger partial charge in [-0.15, -0.1) is 10.2 Å². The molecule has 1 heterocycles. The van der Waals surface area contributed by atoms with E-state index in [1.54, 1.807) is 11.9 Å². The van der Waals surface area contributed by atoms with Gasteiger partial charge in [0, 0.05) is 18.1 Å². The highest BCUT2D eigenvalue weighted by Crippen LogP contribution is 2.16. The third-order valence-electron chi connectivity index (χ3n) is 2.28. The lowest BCUT2D eigenvalue weighted by molar-refractivity contribution is 0.0784. The van der Waals surface area contributed by atoms with Crippen molar-refractivity contribution in [2.45, 2.75) is 6.54 Å². The third kappa shape index (κ3) is 3.05. The Balaban J connectivity index is 2.08. The van der Waals surface area contributed by atoms with Gasteiger partial charge in [0.15, 0.2) is 0 Å². The first-order valence-corrected chi connectivity index (χ1v) is 6.76. The Morgan fingerprint density at radius 1 is 1.50 bits per heavy atom. The Labute approximate surface area is 117 Å². The fraction of sp³-hybridized carbons (Fsp3) is 0.182. The van der Waals surface area contributed by atoms with Crippen LogP contribution in [0.3, 0.4) is 0 Å². The maximum Gasteiger partial charge on any atom is 0.284 e. The van der Waals surface area contributed by atoms with Crippen LogP contribution in [0.4, 0.5) is 5.13 Å². The second kappa shape index (κ2) is 5.45. The topological polar surface area (TPSA) is 72.1 Å². The summed E-state index contributed by atoms with van der Waals surface area (Å²) in [5.41, 5.74) is 6.50. The quantitative estimate of drug-likeness (QED) is 0.938. The zero-order valence-electron chi connectivity index (χ0n) is 9.63. The number of hydrogen-bond donors (Lipinski definition) is 1.